The summed E-state index contributed by atoms with van der Waals surface area (Å²) in [4.78, 5) is 0. The van der Waals surface area contributed by atoms with Crippen LogP contribution in [-0.2, 0) is 0 Å². The maximum absolute atomic E-state index is 11.8. The first kappa shape index (κ1) is 15.4. The zero-order valence-corrected chi connectivity index (χ0v) is 9.42. The van der Waals surface area contributed by atoms with Crippen LogP contribution in [0.2, 0.25) is 0 Å². The Bertz CT molecular complexity index is 128. The van der Waals surface area contributed by atoms with Crippen molar-refractivity contribution in [1.29, 1.82) is 0 Å². The second-order valence-corrected chi connectivity index (χ2v) is 3.06. The van der Waals surface area contributed by atoms with Crippen LogP contribution in [0.25, 0.3) is 0 Å². The Labute approximate surface area is 93.0 Å². The molecule has 0 aliphatic carbocycles. The standard InChI is InChI=1S/C3F7I.HI/c4-1(11,2(5,6)7)3(8,9)10;/h;1H. The quantitative estimate of drug-likeness (QED) is 0.315. The van der Waals surface area contributed by atoms with E-state index in [-0.39, 0.29) is 46.6 Å². The molecular formula is C3HF7I2. The van der Waals surface area contributed by atoms with Gasteiger partial charge in [0, 0.05) is 0 Å². The van der Waals surface area contributed by atoms with Crippen LogP contribution in [0.5, 0.6) is 0 Å². The Hall–Kier alpha value is 0.970. The van der Waals surface area contributed by atoms with Gasteiger partial charge in [0.2, 0.25) is 0 Å². The van der Waals surface area contributed by atoms with Gasteiger partial charge in [-0.15, -0.1) is 24.0 Å². The molecule has 0 aliphatic heterocycles. The Morgan fingerprint density at radius 3 is 0.833 bits per heavy atom. The molecule has 0 aromatic rings. The molecule has 0 saturated carbocycles. The summed E-state index contributed by atoms with van der Waals surface area (Å²) in [7, 11) is 0. The van der Waals surface area contributed by atoms with Crippen molar-refractivity contribution in [3.63, 3.8) is 0 Å². The lowest BCUT2D eigenvalue weighted by atomic mass is 10.4. The molecule has 0 N–H and O–H groups in total. The molecule has 12 heavy (non-hydrogen) atoms. The molecule has 0 saturated heterocycles. The third-order valence-corrected chi connectivity index (χ3v) is 1.94. The molecule has 0 bridgehead atoms. The third-order valence-electron chi connectivity index (χ3n) is 0.712. The fraction of sp³-hybridized carbons (Fsp3) is 1.00. The monoisotopic (exact) mass is 424 g/mol. The lowest BCUT2D eigenvalue weighted by Crippen LogP contribution is -2.47. The SMILES string of the molecule is FC(F)(F)C(F)(I)C(F)(F)F.I. The summed E-state index contributed by atoms with van der Waals surface area (Å²) in [6.45, 7) is 0. The Kier molecular flexibility index (Phi) is 5.15. The van der Waals surface area contributed by atoms with Crippen LogP contribution in [0.3, 0.4) is 0 Å². The van der Waals surface area contributed by atoms with Crippen LogP contribution < -0.4 is 0 Å². The van der Waals surface area contributed by atoms with E-state index >= 15 is 0 Å². The topological polar surface area (TPSA) is 0 Å². The summed E-state index contributed by atoms with van der Waals surface area (Å²) in [6.07, 6.45) is -11.8. The van der Waals surface area contributed by atoms with E-state index in [4.69, 9.17) is 0 Å². The molecule has 0 aromatic heterocycles. The van der Waals surface area contributed by atoms with E-state index in [9.17, 15) is 30.7 Å². The molecule has 0 nitrogen and oxygen atoms in total. The van der Waals surface area contributed by atoms with Crippen LogP contribution in [0.1, 0.15) is 0 Å². The molecule has 0 unspecified atom stereocenters. The number of halogens is 9. The molecule has 0 rings (SSSR count). The molecule has 0 radical (unpaired) electrons. The van der Waals surface area contributed by atoms with Gasteiger partial charge in [-0.05, 0) is 22.6 Å². The van der Waals surface area contributed by atoms with E-state index in [1.807, 2.05) is 0 Å². The van der Waals surface area contributed by atoms with Crippen molar-refractivity contribution in [1.82, 2.24) is 0 Å². The fourth-order valence-corrected chi connectivity index (χ4v) is 0.161. The first-order chi connectivity index (χ1) is 4.50. The number of rotatable bonds is 0. The molecule has 0 amide bonds. The number of alkyl halides is 8. The lowest BCUT2D eigenvalue weighted by Gasteiger charge is -2.23. The van der Waals surface area contributed by atoms with Crippen LogP contribution in [-0.4, -0.2) is 16.0 Å². The van der Waals surface area contributed by atoms with Crippen LogP contribution in [0, 0.1) is 0 Å². The van der Waals surface area contributed by atoms with E-state index in [0.29, 0.717) is 0 Å². The van der Waals surface area contributed by atoms with Crippen molar-refractivity contribution in [3.05, 3.63) is 0 Å². The summed E-state index contributed by atoms with van der Waals surface area (Å²) in [5.74, 6) is 0. The molecular weight excluding hydrogens is 423 g/mol. The van der Waals surface area contributed by atoms with Gasteiger partial charge in [-0.2, -0.15) is 26.3 Å². The molecule has 0 aliphatic rings. The highest BCUT2D eigenvalue weighted by Crippen LogP contribution is 2.50. The number of hydrogen-bond acceptors (Lipinski definition) is 0. The highest BCUT2D eigenvalue weighted by atomic mass is 127. The molecule has 0 heterocycles. The predicted molar refractivity (Wildman–Crippen MR) is 45.4 cm³/mol. The van der Waals surface area contributed by atoms with Crippen LogP contribution >= 0.6 is 46.6 Å². The Morgan fingerprint density at radius 2 is 0.833 bits per heavy atom. The summed E-state index contributed by atoms with van der Waals surface area (Å²) >= 11 is -0.328. The minimum atomic E-state index is -5.92. The third kappa shape index (κ3) is 3.03. The van der Waals surface area contributed by atoms with Gasteiger partial charge in [0.1, 0.15) is 0 Å². The lowest BCUT2D eigenvalue weighted by molar-refractivity contribution is -0.294. The second kappa shape index (κ2) is 4.00. The van der Waals surface area contributed by atoms with Gasteiger partial charge in [-0.1, -0.05) is 0 Å². The zero-order chi connectivity index (χ0) is 9.50. The van der Waals surface area contributed by atoms with Gasteiger partial charge in [0.15, 0.2) is 0 Å². The number of hydrogen-bond donors (Lipinski definition) is 0. The van der Waals surface area contributed by atoms with Gasteiger partial charge >= 0.3 is 16.0 Å². The van der Waals surface area contributed by atoms with Crippen molar-refractivity contribution >= 4 is 46.6 Å². The molecule has 0 aromatic carbocycles. The van der Waals surface area contributed by atoms with E-state index in [2.05, 4.69) is 0 Å². The van der Waals surface area contributed by atoms with Gasteiger partial charge in [0.25, 0.3) is 0 Å². The Balaban J connectivity index is 0. The minimum absolute atomic E-state index is 0. The van der Waals surface area contributed by atoms with Crippen molar-refractivity contribution in [2.45, 2.75) is 16.0 Å². The summed E-state index contributed by atoms with van der Waals surface area (Å²) in [5.41, 5.74) is 0. The fourth-order valence-electron chi connectivity index (χ4n) is 0.161. The van der Waals surface area contributed by atoms with Crippen molar-refractivity contribution < 1.29 is 30.7 Å². The Morgan fingerprint density at radius 1 is 0.667 bits per heavy atom. The second-order valence-electron chi connectivity index (χ2n) is 1.57. The largest absolute Gasteiger partial charge is 0.441 e. The van der Waals surface area contributed by atoms with Crippen molar-refractivity contribution in [2.24, 2.45) is 0 Å². The van der Waals surface area contributed by atoms with Crippen LogP contribution in [0.4, 0.5) is 30.7 Å². The average Bonchev–Trinajstić information content (AvgIpc) is 1.58. The van der Waals surface area contributed by atoms with Gasteiger partial charge in [-0.25, -0.2) is 4.39 Å². The van der Waals surface area contributed by atoms with Gasteiger partial charge in [-0.3, -0.25) is 0 Å². The minimum Gasteiger partial charge on any atom is -0.212 e. The van der Waals surface area contributed by atoms with E-state index in [1.54, 1.807) is 0 Å². The summed E-state index contributed by atoms with van der Waals surface area (Å²) in [6, 6.07) is 0. The van der Waals surface area contributed by atoms with Crippen molar-refractivity contribution in [3.8, 4) is 0 Å². The maximum atomic E-state index is 11.8. The first-order valence-electron chi connectivity index (χ1n) is 2.01. The predicted octanol–water partition coefficient (Wildman–Crippen LogP) is 3.83. The average molecular weight is 424 g/mol. The smallest absolute Gasteiger partial charge is 0.212 e. The highest BCUT2D eigenvalue weighted by molar-refractivity contribution is 14.1. The molecule has 76 valence electrons. The van der Waals surface area contributed by atoms with Crippen LogP contribution in [0.15, 0.2) is 0 Å². The van der Waals surface area contributed by atoms with Gasteiger partial charge < -0.3 is 0 Å². The summed E-state index contributed by atoms with van der Waals surface area (Å²) < 4.78 is 74.0. The maximum Gasteiger partial charge on any atom is 0.441 e. The molecule has 0 atom stereocenters. The first-order valence-corrected chi connectivity index (χ1v) is 3.09. The molecule has 0 fully saturated rings. The van der Waals surface area contributed by atoms with Crippen molar-refractivity contribution in [2.75, 3.05) is 0 Å². The van der Waals surface area contributed by atoms with E-state index in [1.165, 1.54) is 0 Å². The van der Waals surface area contributed by atoms with E-state index in [0.717, 1.165) is 0 Å². The zero-order valence-electron chi connectivity index (χ0n) is 4.93. The molecule has 9 heteroatoms. The van der Waals surface area contributed by atoms with E-state index < -0.39 is 16.0 Å². The highest BCUT2D eigenvalue weighted by Gasteiger charge is 2.71. The molecule has 0 spiro atoms. The normalized spacial score (nSPS) is 14.0. The van der Waals surface area contributed by atoms with Gasteiger partial charge in [0.05, 0.1) is 0 Å². The summed E-state index contributed by atoms with van der Waals surface area (Å²) in [5, 5.41) is 0.